The number of ketones is 1. The summed E-state index contributed by atoms with van der Waals surface area (Å²) in [6.07, 6.45) is 1.48. The lowest BCUT2D eigenvalue weighted by atomic mass is 9.76. The van der Waals surface area contributed by atoms with E-state index in [2.05, 4.69) is 6.92 Å². The van der Waals surface area contributed by atoms with Gasteiger partial charge < -0.3 is 4.74 Å². The number of nitrogens with zero attached hydrogens (tertiary/aromatic N) is 2. The Labute approximate surface area is 250 Å². The van der Waals surface area contributed by atoms with E-state index in [1.54, 1.807) is 37.3 Å². The van der Waals surface area contributed by atoms with Crippen LogP contribution < -0.4 is 4.90 Å². The zero-order valence-electron chi connectivity index (χ0n) is 24.8. The van der Waals surface area contributed by atoms with Crippen molar-refractivity contribution in [2.75, 3.05) is 4.90 Å². The van der Waals surface area contributed by atoms with Crippen LogP contribution in [0.25, 0.3) is 22.2 Å². The van der Waals surface area contributed by atoms with Gasteiger partial charge in [-0.3, -0.25) is 19.3 Å². The van der Waals surface area contributed by atoms with E-state index in [0.29, 0.717) is 44.9 Å². The second kappa shape index (κ2) is 11.2. The first-order valence-corrected chi connectivity index (χ1v) is 14.8. The third kappa shape index (κ3) is 5.36. The molecule has 0 bridgehead atoms. The van der Waals surface area contributed by atoms with Crippen molar-refractivity contribution in [1.82, 2.24) is 4.98 Å². The van der Waals surface area contributed by atoms with E-state index in [9.17, 15) is 19.2 Å². The Balaban J connectivity index is 1.29. The minimum atomic E-state index is -0.979. The molecule has 0 radical (unpaired) electrons. The van der Waals surface area contributed by atoms with E-state index in [0.717, 1.165) is 30.4 Å². The van der Waals surface area contributed by atoms with Crippen molar-refractivity contribution >= 4 is 40.2 Å². The monoisotopic (exact) mass is 574 g/mol. The molecule has 0 spiro atoms. The first-order chi connectivity index (χ1) is 20.6. The molecule has 1 aliphatic carbocycles. The number of ether oxygens (including phenoxy) is 1. The standard InChI is InChI=1S/C36H34N2O5/c1-20-5-9-25(10-6-20)33(39)23(4)43-36(42)30-19-32(37-31-16-8-22(3)17-28(30)31)24-11-13-26(14-12-24)38-34(40)27-15-7-21(2)18-29(27)35(38)41/h5-6,8-14,16-17,19,21,23,27,29H,7,15,18H2,1-4H3. The number of benzene rings is 3. The maximum atomic E-state index is 13.5. The molecule has 3 aromatic carbocycles. The highest BCUT2D eigenvalue weighted by atomic mass is 16.5. The van der Waals surface area contributed by atoms with Gasteiger partial charge in [0.15, 0.2) is 6.10 Å². The Kier molecular flexibility index (Phi) is 7.42. The van der Waals surface area contributed by atoms with Gasteiger partial charge in [0.2, 0.25) is 17.6 Å². The molecule has 2 aliphatic rings. The minimum absolute atomic E-state index is 0.117. The molecule has 0 N–H and O–H groups in total. The maximum Gasteiger partial charge on any atom is 0.339 e. The molecule has 4 atom stereocenters. The van der Waals surface area contributed by atoms with Gasteiger partial charge in [-0.1, -0.05) is 60.5 Å². The average Bonchev–Trinajstić information content (AvgIpc) is 3.25. The molecule has 7 heteroatoms. The molecule has 6 rings (SSSR count). The fraction of sp³-hybridized carbons (Fsp3) is 0.306. The number of hydrogen-bond donors (Lipinski definition) is 0. The lowest BCUT2D eigenvalue weighted by Crippen LogP contribution is -2.30. The molecule has 1 saturated carbocycles. The second-order valence-corrected chi connectivity index (χ2v) is 12.0. The molecule has 43 heavy (non-hydrogen) atoms. The van der Waals surface area contributed by atoms with Crippen molar-refractivity contribution < 1.29 is 23.9 Å². The van der Waals surface area contributed by atoms with E-state index in [-0.39, 0.29) is 29.4 Å². The van der Waals surface area contributed by atoms with Crippen LogP contribution >= 0.6 is 0 Å². The minimum Gasteiger partial charge on any atom is -0.451 e. The Morgan fingerprint density at radius 2 is 1.53 bits per heavy atom. The number of aryl methyl sites for hydroxylation is 2. The number of carbonyl (C=O) groups is 4. The second-order valence-electron chi connectivity index (χ2n) is 12.0. The number of rotatable bonds is 6. The summed E-state index contributed by atoms with van der Waals surface area (Å²) in [5.41, 5.74) is 5.18. The maximum absolute atomic E-state index is 13.5. The number of aromatic nitrogens is 1. The van der Waals surface area contributed by atoms with Crippen molar-refractivity contribution in [3.05, 3.63) is 95.1 Å². The normalized spacial score (nSPS) is 20.7. The van der Waals surface area contributed by atoms with Crippen LogP contribution in [-0.4, -0.2) is 34.7 Å². The predicted molar refractivity (Wildman–Crippen MR) is 165 cm³/mol. The Bertz CT molecular complexity index is 1760. The van der Waals surface area contributed by atoms with E-state index in [1.165, 1.54) is 4.90 Å². The van der Waals surface area contributed by atoms with Crippen molar-refractivity contribution in [2.45, 2.75) is 53.1 Å². The van der Waals surface area contributed by atoms with Crippen LogP contribution in [0, 0.1) is 31.6 Å². The number of pyridine rings is 1. The summed E-state index contributed by atoms with van der Waals surface area (Å²) >= 11 is 0. The predicted octanol–water partition coefficient (Wildman–Crippen LogP) is 6.87. The fourth-order valence-corrected chi connectivity index (χ4v) is 6.31. The largest absolute Gasteiger partial charge is 0.451 e. The van der Waals surface area contributed by atoms with Gasteiger partial charge >= 0.3 is 5.97 Å². The zero-order valence-corrected chi connectivity index (χ0v) is 24.8. The molecular formula is C36H34N2O5. The van der Waals surface area contributed by atoms with Crippen LogP contribution in [0.15, 0.2) is 72.8 Å². The van der Waals surface area contributed by atoms with Gasteiger partial charge in [-0.25, -0.2) is 9.78 Å². The van der Waals surface area contributed by atoms with Gasteiger partial charge in [-0.15, -0.1) is 0 Å². The number of hydrogen-bond acceptors (Lipinski definition) is 6. The summed E-state index contributed by atoms with van der Waals surface area (Å²) in [7, 11) is 0. The fourth-order valence-electron chi connectivity index (χ4n) is 6.31. The van der Waals surface area contributed by atoms with Gasteiger partial charge in [0, 0.05) is 16.5 Å². The van der Waals surface area contributed by atoms with Crippen LogP contribution in [-0.2, 0) is 14.3 Å². The molecule has 1 aromatic heterocycles. The highest BCUT2D eigenvalue weighted by Crippen LogP contribution is 2.42. The summed E-state index contributed by atoms with van der Waals surface area (Å²) in [4.78, 5) is 59.0. The summed E-state index contributed by atoms with van der Waals surface area (Å²) in [5, 5.41) is 0.630. The van der Waals surface area contributed by atoms with E-state index < -0.39 is 12.1 Å². The molecule has 1 aliphatic heterocycles. The molecule has 2 amide bonds. The Morgan fingerprint density at radius 3 is 2.26 bits per heavy atom. The smallest absolute Gasteiger partial charge is 0.339 e. The lowest BCUT2D eigenvalue weighted by Gasteiger charge is -2.25. The van der Waals surface area contributed by atoms with E-state index >= 15 is 0 Å². The molecule has 218 valence electrons. The van der Waals surface area contributed by atoms with Gasteiger partial charge in [0.1, 0.15) is 0 Å². The molecule has 2 fully saturated rings. The van der Waals surface area contributed by atoms with Crippen LogP contribution in [0.5, 0.6) is 0 Å². The van der Waals surface area contributed by atoms with E-state index in [4.69, 9.17) is 9.72 Å². The summed E-state index contributed by atoms with van der Waals surface area (Å²) in [6.45, 7) is 7.58. The number of esters is 1. The first kappa shape index (κ1) is 28.5. The quantitative estimate of drug-likeness (QED) is 0.142. The van der Waals surface area contributed by atoms with Crippen molar-refractivity contribution in [1.29, 1.82) is 0 Å². The molecule has 4 unspecified atom stereocenters. The summed E-state index contributed by atoms with van der Waals surface area (Å²) < 4.78 is 5.69. The zero-order chi connectivity index (χ0) is 30.4. The number of carbonyl (C=O) groups excluding carboxylic acids is 4. The highest BCUT2D eigenvalue weighted by Gasteiger charge is 2.49. The van der Waals surface area contributed by atoms with Gasteiger partial charge in [-0.2, -0.15) is 0 Å². The third-order valence-corrected chi connectivity index (χ3v) is 8.78. The SMILES string of the molecule is Cc1ccc(C(=O)C(C)OC(=O)c2cc(-c3ccc(N4C(=O)C5CCC(C)CC5C4=O)cc3)nc3ccc(C)cc23)cc1. The van der Waals surface area contributed by atoms with Crippen LogP contribution in [0.2, 0.25) is 0 Å². The topological polar surface area (TPSA) is 93.6 Å². The van der Waals surface area contributed by atoms with Crippen molar-refractivity contribution in [3.63, 3.8) is 0 Å². The average molecular weight is 575 g/mol. The van der Waals surface area contributed by atoms with Crippen LogP contribution in [0.3, 0.4) is 0 Å². The number of imide groups is 1. The number of anilines is 1. The van der Waals surface area contributed by atoms with Crippen LogP contribution in [0.4, 0.5) is 5.69 Å². The Hall–Kier alpha value is -4.65. The molecular weight excluding hydrogens is 540 g/mol. The molecule has 1 saturated heterocycles. The molecule has 2 heterocycles. The lowest BCUT2D eigenvalue weighted by molar-refractivity contribution is -0.122. The van der Waals surface area contributed by atoms with Crippen molar-refractivity contribution in [2.24, 2.45) is 17.8 Å². The summed E-state index contributed by atoms with van der Waals surface area (Å²) in [5.74, 6) is -1.17. The van der Waals surface area contributed by atoms with Crippen LogP contribution in [0.1, 0.15) is 65.0 Å². The van der Waals surface area contributed by atoms with Gasteiger partial charge in [0.25, 0.3) is 0 Å². The van der Waals surface area contributed by atoms with E-state index in [1.807, 2.05) is 56.3 Å². The Morgan fingerprint density at radius 1 is 0.860 bits per heavy atom. The first-order valence-electron chi connectivity index (χ1n) is 14.8. The summed E-state index contributed by atoms with van der Waals surface area (Å²) in [6, 6.07) is 21.6. The number of fused-ring (bicyclic) bond motifs is 2. The number of Topliss-reactive ketones (excluding diaryl/α,β-unsaturated/α-hetero) is 1. The van der Waals surface area contributed by atoms with Gasteiger partial charge in [-0.05, 0) is 76.3 Å². The molecule has 7 nitrogen and oxygen atoms in total. The van der Waals surface area contributed by atoms with Gasteiger partial charge in [0.05, 0.1) is 34.3 Å². The number of amides is 2. The highest BCUT2D eigenvalue weighted by molar-refractivity contribution is 6.22. The third-order valence-electron chi connectivity index (χ3n) is 8.78. The van der Waals surface area contributed by atoms with Crippen molar-refractivity contribution in [3.8, 4) is 11.3 Å². The molecule has 4 aromatic rings.